The summed E-state index contributed by atoms with van der Waals surface area (Å²) in [5, 5.41) is 11.9. The summed E-state index contributed by atoms with van der Waals surface area (Å²) in [6.45, 7) is 4.73. The molecule has 0 aromatic heterocycles. The van der Waals surface area contributed by atoms with E-state index >= 15 is 0 Å². The number of nitrogens with zero attached hydrogens (tertiary/aromatic N) is 1. The molecule has 0 rings (SSSR count). The van der Waals surface area contributed by atoms with Gasteiger partial charge in [0, 0.05) is 0 Å². The smallest absolute Gasteiger partial charge is 0.0617 e. The molecule has 0 radical (unpaired) electrons. The first-order valence-corrected chi connectivity index (χ1v) is 15.5. The molecule has 0 fully saturated rings. The van der Waals surface area contributed by atoms with Crippen LogP contribution in [0.3, 0.4) is 0 Å². The summed E-state index contributed by atoms with van der Waals surface area (Å²) < 4.78 is 0. The number of hydrogen-bond donors (Lipinski definition) is 2. The Kier molecular flexibility index (Phi) is 27.1. The normalized spacial score (nSPS) is 13.9. The van der Waals surface area contributed by atoms with E-state index in [1.807, 2.05) is 25.9 Å². The highest BCUT2D eigenvalue weighted by atomic mass is 16.4. The fourth-order valence-corrected chi connectivity index (χ4v) is 5.43. The minimum Gasteiger partial charge on any atom is -0.548 e. The van der Waals surface area contributed by atoms with Crippen molar-refractivity contribution < 1.29 is 9.90 Å². The van der Waals surface area contributed by atoms with E-state index < -0.39 is 11.5 Å². The molecular formula is C31H67N3O2. The third-order valence-electron chi connectivity index (χ3n) is 8.30. The molecule has 0 amide bonds. The van der Waals surface area contributed by atoms with Gasteiger partial charge in [-0.05, 0) is 52.7 Å². The zero-order valence-corrected chi connectivity index (χ0v) is 25.4. The maximum Gasteiger partial charge on any atom is 0.0617 e. The topological polar surface area (TPSA) is 106 Å². The summed E-state index contributed by atoms with van der Waals surface area (Å²) >= 11 is 0. The van der Waals surface area contributed by atoms with E-state index in [1.165, 1.54) is 122 Å². The van der Waals surface area contributed by atoms with E-state index in [0.717, 1.165) is 25.7 Å². The molecule has 1 unspecified atom stereocenters. The van der Waals surface area contributed by atoms with E-state index in [-0.39, 0.29) is 12.1 Å². The predicted molar refractivity (Wildman–Crippen MR) is 157 cm³/mol. The average Bonchev–Trinajstić information content (AvgIpc) is 2.83. The van der Waals surface area contributed by atoms with Gasteiger partial charge >= 0.3 is 0 Å². The summed E-state index contributed by atoms with van der Waals surface area (Å²) in [5.74, 6) is -0.862. The maximum atomic E-state index is 11.9. The van der Waals surface area contributed by atoms with Crippen molar-refractivity contribution in [2.24, 2.45) is 11.7 Å². The summed E-state index contributed by atoms with van der Waals surface area (Å²) in [6.07, 6.45) is 30.3. The van der Waals surface area contributed by atoms with Gasteiger partial charge < -0.3 is 21.8 Å². The molecule has 6 N–H and O–H groups in total. The summed E-state index contributed by atoms with van der Waals surface area (Å²) in [7, 11) is 3.70. The molecule has 5 nitrogen and oxygen atoms in total. The molecule has 5 heteroatoms. The van der Waals surface area contributed by atoms with Crippen LogP contribution in [0.15, 0.2) is 0 Å². The van der Waals surface area contributed by atoms with Crippen LogP contribution in [-0.2, 0) is 4.79 Å². The molecule has 0 heterocycles. The molecule has 0 saturated heterocycles. The van der Waals surface area contributed by atoms with Gasteiger partial charge in [-0.15, -0.1) is 0 Å². The summed E-state index contributed by atoms with van der Waals surface area (Å²) in [4.78, 5) is 13.7. The van der Waals surface area contributed by atoms with Crippen molar-refractivity contribution in [2.75, 3.05) is 20.6 Å². The van der Waals surface area contributed by atoms with Crippen LogP contribution in [0.25, 0.3) is 0 Å². The molecule has 2 atom stereocenters. The van der Waals surface area contributed by atoms with Crippen molar-refractivity contribution in [1.82, 2.24) is 11.1 Å². The number of carboxylic acid groups (broad SMARTS) is 1. The number of carbonyl (C=O) groups excluding carboxylic acids is 1. The van der Waals surface area contributed by atoms with E-state index in [9.17, 15) is 9.90 Å². The van der Waals surface area contributed by atoms with Crippen molar-refractivity contribution in [3.63, 3.8) is 0 Å². The second-order valence-corrected chi connectivity index (χ2v) is 11.5. The van der Waals surface area contributed by atoms with Crippen LogP contribution in [0, 0.1) is 5.92 Å². The zero-order chi connectivity index (χ0) is 26.2. The van der Waals surface area contributed by atoms with Gasteiger partial charge in [-0.2, -0.15) is 0 Å². The zero-order valence-electron chi connectivity index (χ0n) is 25.4. The van der Waals surface area contributed by atoms with Gasteiger partial charge in [-0.1, -0.05) is 135 Å². The SMILES string of the molecule is CCCCCCCCCCCCCCCCCCCCCCC(CCCN)[C@@](C)(C(=O)[O-])N(C)C.[NH4+]. The average molecular weight is 514 g/mol. The molecule has 0 bridgehead atoms. The van der Waals surface area contributed by atoms with Gasteiger partial charge in [0.15, 0.2) is 0 Å². The second kappa shape index (κ2) is 26.0. The highest BCUT2D eigenvalue weighted by Gasteiger charge is 2.36. The molecule has 0 saturated carbocycles. The Labute approximate surface area is 226 Å². The minimum atomic E-state index is -0.960. The Morgan fingerprint density at radius 1 is 0.667 bits per heavy atom. The van der Waals surface area contributed by atoms with Crippen molar-refractivity contribution in [3.8, 4) is 0 Å². The quantitative estimate of drug-likeness (QED) is 0.108. The van der Waals surface area contributed by atoms with E-state index in [0.29, 0.717) is 6.54 Å². The standard InChI is InChI=1S/C31H64N2O2.H3N/c1-5-6-7-8-9-10-11-12-13-14-15-16-17-18-19-20-21-22-23-24-26-29(27-25-28-32)31(2,30(34)35)33(3)4;/h29H,5-28,32H2,1-4H3,(H,34,35);1H3/t29?,31-;/m0./s1. The first-order valence-electron chi connectivity index (χ1n) is 15.5. The van der Waals surface area contributed by atoms with Gasteiger partial charge in [-0.3, -0.25) is 4.90 Å². The highest BCUT2D eigenvalue weighted by Crippen LogP contribution is 2.31. The highest BCUT2D eigenvalue weighted by molar-refractivity contribution is 5.76. The van der Waals surface area contributed by atoms with Crippen molar-refractivity contribution in [2.45, 2.75) is 167 Å². The maximum absolute atomic E-state index is 11.9. The van der Waals surface area contributed by atoms with Gasteiger partial charge in [0.25, 0.3) is 0 Å². The Hall–Kier alpha value is -0.650. The van der Waals surface area contributed by atoms with E-state index in [1.54, 1.807) is 0 Å². The van der Waals surface area contributed by atoms with Crippen LogP contribution in [-0.4, -0.2) is 37.0 Å². The minimum absolute atomic E-state index is 0. The number of quaternary nitrogens is 1. The summed E-state index contributed by atoms with van der Waals surface area (Å²) in [6, 6.07) is 0. The number of hydrogen-bond acceptors (Lipinski definition) is 4. The molecule has 36 heavy (non-hydrogen) atoms. The first kappa shape index (κ1) is 37.5. The molecule has 0 aliphatic carbocycles. The first-order chi connectivity index (χ1) is 16.9. The van der Waals surface area contributed by atoms with Gasteiger partial charge in [-0.25, -0.2) is 0 Å². The van der Waals surface area contributed by atoms with E-state index in [2.05, 4.69) is 6.92 Å². The Balaban J connectivity index is 0. The number of nitrogens with two attached hydrogens (primary N) is 1. The third-order valence-corrected chi connectivity index (χ3v) is 8.30. The molecular weight excluding hydrogens is 446 g/mol. The lowest BCUT2D eigenvalue weighted by atomic mass is 9.78. The van der Waals surface area contributed by atoms with Crippen molar-refractivity contribution in [1.29, 1.82) is 0 Å². The van der Waals surface area contributed by atoms with Gasteiger partial charge in [0.05, 0.1) is 11.5 Å². The van der Waals surface area contributed by atoms with Crippen LogP contribution < -0.4 is 17.0 Å². The lowest BCUT2D eigenvalue weighted by molar-refractivity contribution is -0.320. The Morgan fingerprint density at radius 2 is 0.972 bits per heavy atom. The molecule has 218 valence electrons. The number of carbonyl (C=O) groups is 1. The van der Waals surface area contributed by atoms with Gasteiger partial charge in [0.1, 0.15) is 0 Å². The molecule has 0 aliphatic heterocycles. The predicted octanol–water partition coefficient (Wildman–Crippen LogP) is 8.00. The Morgan fingerprint density at radius 3 is 1.25 bits per heavy atom. The molecule has 0 aliphatic rings. The largest absolute Gasteiger partial charge is 0.548 e. The second-order valence-electron chi connectivity index (χ2n) is 11.5. The number of unbranched alkanes of at least 4 members (excludes halogenated alkanes) is 19. The number of rotatable bonds is 27. The van der Waals surface area contributed by atoms with Crippen LogP contribution in [0.4, 0.5) is 0 Å². The van der Waals surface area contributed by atoms with Crippen LogP contribution in [0.2, 0.25) is 0 Å². The lowest BCUT2D eigenvalue weighted by Gasteiger charge is -2.44. The van der Waals surface area contributed by atoms with Crippen molar-refractivity contribution in [3.05, 3.63) is 0 Å². The van der Waals surface area contributed by atoms with Crippen LogP contribution in [0.1, 0.15) is 162 Å². The molecule has 0 spiro atoms. The molecule has 0 aromatic rings. The van der Waals surface area contributed by atoms with E-state index in [4.69, 9.17) is 5.73 Å². The fraction of sp³-hybridized carbons (Fsp3) is 0.968. The van der Waals surface area contributed by atoms with Gasteiger partial charge in [0.2, 0.25) is 0 Å². The number of carboxylic acids is 1. The lowest BCUT2D eigenvalue weighted by Crippen LogP contribution is -2.60. The van der Waals surface area contributed by atoms with Crippen LogP contribution in [0.5, 0.6) is 0 Å². The number of aliphatic carboxylic acids is 1. The fourth-order valence-electron chi connectivity index (χ4n) is 5.43. The monoisotopic (exact) mass is 514 g/mol. The third kappa shape index (κ3) is 18.6. The van der Waals surface area contributed by atoms with Crippen molar-refractivity contribution >= 4 is 5.97 Å². The summed E-state index contributed by atoms with van der Waals surface area (Å²) in [5.41, 5.74) is 4.79. The molecule has 0 aromatic carbocycles. The van der Waals surface area contributed by atoms with Crippen LogP contribution >= 0.6 is 0 Å². The Bertz CT molecular complexity index is 473. The number of likely N-dealkylation sites (N-methyl/N-ethyl adjacent to an activating group) is 1.